The fourth-order valence-corrected chi connectivity index (χ4v) is 4.60. The monoisotopic (exact) mass is 452 g/mol. The van der Waals surface area contributed by atoms with Crippen molar-refractivity contribution in [3.05, 3.63) is 53.5 Å². The highest BCUT2D eigenvalue weighted by Gasteiger charge is 2.23. The number of likely N-dealkylation sites (tertiary alicyclic amines) is 1. The van der Waals surface area contributed by atoms with Gasteiger partial charge in [-0.25, -0.2) is 9.37 Å². The molecule has 0 aliphatic carbocycles. The van der Waals surface area contributed by atoms with E-state index in [1.54, 1.807) is 13.2 Å². The number of halogens is 1. The Morgan fingerprint density at radius 1 is 1.18 bits per heavy atom. The summed E-state index contributed by atoms with van der Waals surface area (Å²) in [4.78, 5) is 11.0. The van der Waals surface area contributed by atoms with Gasteiger partial charge in [0.25, 0.3) is 0 Å². The van der Waals surface area contributed by atoms with Crippen LogP contribution < -0.4 is 19.5 Å². The maximum atomic E-state index is 14.6. The Balaban J connectivity index is 1.12. The zero-order valence-electron chi connectivity index (χ0n) is 18.8. The van der Waals surface area contributed by atoms with Crippen LogP contribution in [-0.4, -0.2) is 61.4 Å². The average molecular weight is 453 g/mol. The molecule has 2 aliphatic rings. The van der Waals surface area contributed by atoms with Gasteiger partial charge in [0.2, 0.25) is 5.88 Å². The summed E-state index contributed by atoms with van der Waals surface area (Å²) in [5.41, 5.74) is 3.08. The molecule has 4 heterocycles. The number of rotatable bonds is 8. The van der Waals surface area contributed by atoms with Crippen LogP contribution in [0.1, 0.15) is 17.5 Å². The molecule has 1 fully saturated rings. The second-order valence-corrected chi connectivity index (χ2v) is 8.62. The first kappa shape index (κ1) is 21.9. The van der Waals surface area contributed by atoms with Crippen LogP contribution in [0.5, 0.6) is 17.4 Å². The molecule has 7 nitrogen and oxygen atoms in total. The van der Waals surface area contributed by atoms with Crippen LogP contribution in [0, 0.1) is 11.7 Å². The van der Waals surface area contributed by atoms with Crippen LogP contribution in [0.2, 0.25) is 0 Å². The molecular weight excluding hydrogens is 423 g/mol. The highest BCUT2D eigenvalue weighted by Crippen LogP contribution is 2.30. The second-order valence-electron chi connectivity index (χ2n) is 8.62. The summed E-state index contributed by atoms with van der Waals surface area (Å²) in [6, 6.07) is 9.69. The van der Waals surface area contributed by atoms with Crippen molar-refractivity contribution in [1.82, 2.24) is 20.2 Å². The lowest BCUT2D eigenvalue weighted by Gasteiger charge is -2.19. The van der Waals surface area contributed by atoms with E-state index in [1.165, 1.54) is 11.8 Å². The topological polar surface area (TPSA) is 68.7 Å². The van der Waals surface area contributed by atoms with E-state index in [0.717, 1.165) is 50.6 Å². The third-order valence-corrected chi connectivity index (χ3v) is 6.37. The first-order chi connectivity index (χ1) is 16.2. The predicted octanol–water partition coefficient (Wildman–Crippen LogP) is 3.20. The SMILES string of the molecule is COc1ccc2ncc(F)c(CCN3CC[C@@H](CNCc4ccc5c(c4)OCCO5)C3)c2n1. The van der Waals surface area contributed by atoms with Crippen molar-refractivity contribution in [2.24, 2.45) is 5.92 Å². The molecule has 1 aromatic carbocycles. The Kier molecular flexibility index (Phi) is 6.55. The number of hydrogen-bond donors (Lipinski definition) is 1. The predicted molar refractivity (Wildman–Crippen MR) is 123 cm³/mol. The molecule has 1 atom stereocenters. The lowest BCUT2D eigenvalue weighted by atomic mass is 10.1. The second kappa shape index (κ2) is 9.89. The van der Waals surface area contributed by atoms with Crippen molar-refractivity contribution >= 4 is 11.0 Å². The van der Waals surface area contributed by atoms with Crippen LogP contribution in [0.15, 0.2) is 36.5 Å². The van der Waals surface area contributed by atoms with Gasteiger partial charge in [0.1, 0.15) is 19.0 Å². The Hall–Kier alpha value is -2.97. The van der Waals surface area contributed by atoms with Crippen LogP contribution in [0.3, 0.4) is 0 Å². The molecule has 0 saturated carbocycles. The maximum absolute atomic E-state index is 14.6. The minimum absolute atomic E-state index is 0.305. The van der Waals surface area contributed by atoms with E-state index in [-0.39, 0.29) is 5.82 Å². The number of aromatic nitrogens is 2. The van der Waals surface area contributed by atoms with Crippen molar-refractivity contribution in [2.45, 2.75) is 19.4 Å². The van der Waals surface area contributed by atoms with Crippen molar-refractivity contribution in [1.29, 1.82) is 0 Å². The van der Waals surface area contributed by atoms with Crippen molar-refractivity contribution in [3.8, 4) is 17.4 Å². The van der Waals surface area contributed by atoms with Crippen LogP contribution in [0.4, 0.5) is 4.39 Å². The zero-order chi connectivity index (χ0) is 22.6. The lowest BCUT2D eigenvalue weighted by Crippen LogP contribution is -2.27. The number of methoxy groups -OCH3 is 1. The molecule has 2 aromatic heterocycles. The summed E-state index contributed by atoms with van der Waals surface area (Å²) in [6.45, 7) is 5.80. The Morgan fingerprint density at radius 3 is 2.94 bits per heavy atom. The molecule has 5 rings (SSSR count). The van der Waals surface area contributed by atoms with Gasteiger partial charge in [-0.1, -0.05) is 6.07 Å². The van der Waals surface area contributed by atoms with E-state index in [9.17, 15) is 4.39 Å². The van der Waals surface area contributed by atoms with Gasteiger partial charge in [-0.05, 0) is 55.6 Å². The molecule has 0 radical (unpaired) electrons. The molecule has 1 N–H and O–H groups in total. The molecule has 2 aliphatic heterocycles. The van der Waals surface area contributed by atoms with Gasteiger partial charge < -0.3 is 24.4 Å². The van der Waals surface area contributed by atoms with Crippen molar-refractivity contribution in [3.63, 3.8) is 0 Å². The van der Waals surface area contributed by atoms with Crippen LogP contribution in [0.25, 0.3) is 11.0 Å². The highest BCUT2D eigenvalue weighted by molar-refractivity contribution is 5.78. The molecule has 0 bridgehead atoms. The minimum atomic E-state index is -0.305. The normalized spacial score (nSPS) is 18.1. The fraction of sp³-hybridized carbons (Fsp3) is 0.440. The number of benzene rings is 1. The number of fused-ring (bicyclic) bond motifs is 2. The summed E-state index contributed by atoms with van der Waals surface area (Å²) >= 11 is 0. The highest BCUT2D eigenvalue weighted by atomic mass is 19.1. The van der Waals surface area contributed by atoms with E-state index in [1.807, 2.05) is 12.1 Å². The number of hydrogen-bond acceptors (Lipinski definition) is 7. The van der Waals surface area contributed by atoms with Crippen molar-refractivity contribution < 1.29 is 18.6 Å². The first-order valence-corrected chi connectivity index (χ1v) is 11.5. The average Bonchev–Trinajstić information content (AvgIpc) is 3.30. The van der Waals surface area contributed by atoms with Crippen molar-refractivity contribution in [2.75, 3.05) is 46.5 Å². The molecule has 0 amide bonds. The van der Waals surface area contributed by atoms with E-state index in [0.29, 0.717) is 48.0 Å². The maximum Gasteiger partial charge on any atom is 0.213 e. The molecular formula is C25H29FN4O3. The summed E-state index contributed by atoms with van der Waals surface area (Å²) in [5.74, 6) is 2.40. The largest absolute Gasteiger partial charge is 0.486 e. The molecule has 174 valence electrons. The van der Waals surface area contributed by atoms with Gasteiger partial charge >= 0.3 is 0 Å². The third-order valence-electron chi connectivity index (χ3n) is 6.37. The summed E-state index contributed by atoms with van der Waals surface area (Å²) in [6.07, 6.45) is 3.03. The van der Waals surface area contributed by atoms with Crippen LogP contribution in [-0.2, 0) is 13.0 Å². The number of pyridine rings is 2. The van der Waals surface area contributed by atoms with Gasteiger partial charge in [0.15, 0.2) is 11.5 Å². The third kappa shape index (κ3) is 5.02. The fourth-order valence-electron chi connectivity index (χ4n) is 4.60. The smallest absolute Gasteiger partial charge is 0.213 e. The molecule has 33 heavy (non-hydrogen) atoms. The van der Waals surface area contributed by atoms with Gasteiger partial charge in [-0.3, -0.25) is 4.98 Å². The first-order valence-electron chi connectivity index (χ1n) is 11.5. The van der Waals surface area contributed by atoms with E-state index in [2.05, 4.69) is 32.3 Å². The zero-order valence-corrected chi connectivity index (χ0v) is 18.8. The summed E-state index contributed by atoms with van der Waals surface area (Å²) in [5, 5.41) is 3.58. The van der Waals surface area contributed by atoms with E-state index in [4.69, 9.17) is 14.2 Å². The molecule has 3 aromatic rings. The van der Waals surface area contributed by atoms with Gasteiger partial charge in [-0.15, -0.1) is 0 Å². The Labute approximate surface area is 192 Å². The van der Waals surface area contributed by atoms with Gasteiger partial charge in [0.05, 0.1) is 24.3 Å². The summed E-state index contributed by atoms with van der Waals surface area (Å²) in [7, 11) is 1.56. The summed E-state index contributed by atoms with van der Waals surface area (Å²) < 4.78 is 31.0. The standard InChI is InChI=1S/C25H29FN4O3/c1-31-24-5-3-21-25(29-24)19(20(26)15-28-21)7-9-30-8-6-18(16-30)14-27-13-17-2-4-22-23(12-17)33-11-10-32-22/h2-5,12,15,18,27H,6-11,13-14,16H2,1H3/t18-/m0/s1. The number of ether oxygens (including phenoxy) is 3. The molecule has 1 saturated heterocycles. The van der Waals surface area contributed by atoms with E-state index < -0.39 is 0 Å². The number of nitrogens with one attached hydrogen (secondary N) is 1. The molecule has 8 heteroatoms. The van der Waals surface area contributed by atoms with Gasteiger partial charge in [-0.2, -0.15) is 0 Å². The Bertz CT molecular complexity index is 1130. The molecule has 0 unspecified atom stereocenters. The van der Waals surface area contributed by atoms with Crippen LogP contribution >= 0.6 is 0 Å². The lowest BCUT2D eigenvalue weighted by molar-refractivity contribution is 0.171. The van der Waals surface area contributed by atoms with Gasteiger partial charge in [0, 0.05) is 31.3 Å². The molecule has 0 spiro atoms. The van der Waals surface area contributed by atoms with E-state index >= 15 is 0 Å². The minimum Gasteiger partial charge on any atom is -0.486 e. The Morgan fingerprint density at radius 2 is 2.06 bits per heavy atom. The number of nitrogens with zero attached hydrogens (tertiary/aromatic N) is 3. The quantitative estimate of drug-likeness (QED) is 0.563.